The largest absolute Gasteiger partial charge is 0.357 e. The molecule has 2 aliphatic rings. The standard InChI is InChI=1S/C24H31N7O2S/c1-3-34(32,33)29-19-7-4-6-18(14-19)15-30-12-9-24(10-13-30)16-31(17-24)22-20-8-5-11-26-21(20)27-23(25-2)28-22/h4-8,11,14,29H,3,9-10,12-13,15-17H2,1-2H3,(H,25,26,27,28). The van der Waals surface area contributed by atoms with Gasteiger partial charge < -0.3 is 10.2 Å². The van der Waals surface area contributed by atoms with E-state index in [4.69, 9.17) is 4.98 Å². The van der Waals surface area contributed by atoms with Crippen LogP contribution in [0.4, 0.5) is 17.5 Å². The van der Waals surface area contributed by atoms with Crippen LogP contribution in [0.1, 0.15) is 25.3 Å². The lowest BCUT2D eigenvalue weighted by molar-refractivity contribution is 0.0721. The van der Waals surface area contributed by atoms with Gasteiger partial charge in [-0.1, -0.05) is 12.1 Å². The normalized spacial score (nSPS) is 18.1. The first kappa shape index (κ1) is 22.8. The van der Waals surface area contributed by atoms with Crippen LogP contribution in [0.15, 0.2) is 42.6 Å². The van der Waals surface area contributed by atoms with Gasteiger partial charge in [0.2, 0.25) is 16.0 Å². The molecule has 0 radical (unpaired) electrons. The van der Waals surface area contributed by atoms with Gasteiger partial charge in [-0.3, -0.25) is 9.62 Å². The zero-order chi connectivity index (χ0) is 23.8. The van der Waals surface area contributed by atoms with Gasteiger partial charge in [-0.15, -0.1) is 0 Å². The van der Waals surface area contributed by atoms with Crippen LogP contribution in [-0.2, 0) is 16.6 Å². The van der Waals surface area contributed by atoms with Crippen molar-refractivity contribution in [2.45, 2.75) is 26.3 Å². The van der Waals surface area contributed by atoms with E-state index < -0.39 is 10.0 Å². The molecule has 180 valence electrons. The number of nitrogens with one attached hydrogen (secondary N) is 2. The summed E-state index contributed by atoms with van der Waals surface area (Å²) in [7, 11) is -1.44. The van der Waals surface area contributed by atoms with Gasteiger partial charge in [-0.2, -0.15) is 9.97 Å². The van der Waals surface area contributed by atoms with Crippen molar-refractivity contribution in [3.63, 3.8) is 0 Å². The number of rotatable bonds is 7. The molecule has 0 bridgehead atoms. The maximum atomic E-state index is 11.9. The van der Waals surface area contributed by atoms with E-state index in [1.807, 2.05) is 31.3 Å². The van der Waals surface area contributed by atoms with Crippen LogP contribution in [0.2, 0.25) is 0 Å². The number of hydrogen-bond acceptors (Lipinski definition) is 8. The lowest BCUT2D eigenvalue weighted by Crippen LogP contribution is -2.60. The third-order valence-corrected chi connectivity index (χ3v) is 8.24. The fourth-order valence-electron chi connectivity index (χ4n) is 4.96. The first-order valence-corrected chi connectivity index (χ1v) is 13.4. The Labute approximate surface area is 200 Å². The van der Waals surface area contributed by atoms with Crippen molar-refractivity contribution in [1.82, 2.24) is 19.9 Å². The molecule has 34 heavy (non-hydrogen) atoms. The molecule has 5 rings (SSSR count). The van der Waals surface area contributed by atoms with Gasteiger partial charge in [0.15, 0.2) is 5.65 Å². The van der Waals surface area contributed by atoms with E-state index in [1.54, 1.807) is 19.2 Å². The van der Waals surface area contributed by atoms with Crippen LogP contribution in [0.5, 0.6) is 0 Å². The number of anilines is 3. The van der Waals surface area contributed by atoms with Crippen LogP contribution in [0.3, 0.4) is 0 Å². The van der Waals surface area contributed by atoms with Crippen LogP contribution in [0.25, 0.3) is 11.0 Å². The molecule has 1 spiro atoms. The predicted octanol–water partition coefficient (Wildman–Crippen LogP) is 2.93. The summed E-state index contributed by atoms with van der Waals surface area (Å²) in [6.07, 6.45) is 4.05. The third-order valence-electron chi connectivity index (χ3n) is 6.93. The number of likely N-dealkylation sites (tertiary alicyclic amines) is 1. The summed E-state index contributed by atoms with van der Waals surface area (Å²) in [6, 6.07) is 11.7. The highest BCUT2D eigenvalue weighted by atomic mass is 32.2. The molecule has 0 unspecified atom stereocenters. The van der Waals surface area contributed by atoms with E-state index >= 15 is 0 Å². The van der Waals surface area contributed by atoms with E-state index in [2.05, 4.69) is 35.9 Å². The van der Waals surface area contributed by atoms with E-state index in [0.717, 1.165) is 68.0 Å². The molecule has 10 heteroatoms. The zero-order valence-electron chi connectivity index (χ0n) is 19.7. The lowest BCUT2D eigenvalue weighted by Gasteiger charge is -2.54. The van der Waals surface area contributed by atoms with Crippen LogP contribution in [0, 0.1) is 5.41 Å². The summed E-state index contributed by atoms with van der Waals surface area (Å²) >= 11 is 0. The summed E-state index contributed by atoms with van der Waals surface area (Å²) in [6.45, 7) is 6.54. The SMILES string of the molecule is CCS(=O)(=O)Nc1cccc(CN2CCC3(CC2)CN(c2nc(NC)nc4ncccc24)C3)c1. The maximum absolute atomic E-state index is 11.9. The number of sulfonamides is 1. The van der Waals surface area contributed by atoms with E-state index in [-0.39, 0.29) is 5.75 Å². The number of benzene rings is 1. The third kappa shape index (κ3) is 4.65. The fraction of sp³-hybridized carbons (Fsp3) is 0.458. The number of nitrogens with zero attached hydrogens (tertiary/aromatic N) is 5. The van der Waals surface area contributed by atoms with Crippen molar-refractivity contribution in [2.24, 2.45) is 5.41 Å². The minimum Gasteiger partial charge on any atom is -0.357 e. The Hall–Kier alpha value is -2.98. The molecule has 2 aliphatic heterocycles. The maximum Gasteiger partial charge on any atom is 0.232 e. The summed E-state index contributed by atoms with van der Waals surface area (Å²) in [4.78, 5) is 18.4. The molecule has 2 aromatic heterocycles. The average Bonchev–Trinajstić information content (AvgIpc) is 2.82. The molecule has 0 atom stereocenters. The van der Waals surface area contributed by atoms with Crippen molar-refractivity contribution in [3.05, 3.63) is 48.2 Å². The van der Waals surface area contributed by atoms with E-state index in [9.17, 15) is 8.42 Å². The minimum atomic E-state index is -3.27. The van der Waals surface area contributed by atoms with Crippen molar-refractivity contribution < 1.29 is 8.42 Å². The highest BCUT2D eigenvalue weighted by Crippen LogP contribution is 2.43. The van der Waals surface area contributed by atoms with Gasteiger partial charge in [-0.25, -0.2) is 13.4 Å². The molecule has 2 fully saturated rings. The molecule has 2 saturated heterocycles. The summed E-state index contributed by atoms with van der Waals surface area (Å²) in [5.41, 5.74) is 2.81. The highest BCUT2D eigenvalue weighted by molar-refractivity contribution is 7.92. The Bertz CT molecular complexity index is 1280. The molecule has 2 N–H and O–H groups in total. The minimum absolute atomic E-state index is 0.0695. The molecular formula is C24H31N7O2S. The first-order valence-electron chi connectivity index (χ1n) is 11.8. The van der Waals surface area contributed by atoms with Gasteiger partial charge in [-0.05, 0) is 62.7 Å². The molecule has 0 amide bonds. The molecule has 0 saturated carbocycles. The second kappa shape index (κ2) is 8.99. The van der Waals surface area contributed by atoms with Gasteiger partial charge in [0.05, 0.1) is 11.1 Å². The van der Waals surface area contributed by atoms with Gasteiger partial charge >= 0.3 is 0 Å². The summed E-state index contributed by atoms with van der Waals surface area (Å²) < 4.78 is 26.4. The van der Waals surface area contributed by atoms with Gasteiger partial charge in [0.1, 0.15) is 5.82 Å². The number of aromatic nitrogens is 3. The second-order valence-electron chi connectivity index (χ2n) is 9.33. The molecule has 3 aromatic rings. The number of piperidine rings is 1. The van der Waals surface area contributed by atoms with Crippen molar-refractivity contribution in [1.29, 1.82) is 0 Å². The van der Waals surface area contributed by atoms with E-state index in [0.29, 0.717) is 17.1 Å². The van der Waals surface area contributed by atoms with Crippen molar-refractivity contribution >= 4 is 38.5 Å². The highest BCUT2D eigenvalue weighted by Gasteiger charge is 2.45. The topological polar surface area (TPSA) is 103 Å². The Kier molecular flexibility index (Phi) is 6.03. The van der Waals surface area contributed by atoms with Crippen molar-refractivity contribution in [2.75, 3.05) is 53.9 Å². The molecule has 9 nitrogen and oxygen atoms in total. The van der Waals surface area contributed by atoms with Crippen LogP contribution in [-0.4, -0.2) is 67.2 Å². The van der Waals surface area contributed by atoms with Gasteiger partial charge in [0, 0.05) is 44.0 Å². The monoisotopic (exact) mass is 481 g/mol. The molecule has 1 aromatic carbocycles. The molecule has 4 heterocycles. The van der Waals surface area contributed by atoms with E-state index in [1.165, 1.54) is 0 Å². The molecular weight excluding hydrogens is 450 g/mol. The second-order valence-corrected chi connectivity index (χ2v) is 11.3. The fourth-order valence-corrected chi connectivity index (χ4v) is 5.59. The van der Waals surface area contributed by atoms with Crippen LogP contribution < -0.4 is 14.9 Å². The summed E-state index contributed by atoms with van der Waals surface area (Å²) in [5, 5.41) is 4.04. The zero-order valence-corrected chi connectivity index (χ0v) is 20.5. The number of hydrogen-bond donors (Lipinski definition) is 2. The Morgan fingerprint density at radius 3 is 2.62 bits per heavy atom. The van der Waals surface area contributed by atoms with Gasteiger partial charge in [0.25, 0.3) is 0 Å². The Balaban J connectivity index is 1.20. The Morgan fingerprint density at radius 1 is 1.09 bits per heavy atom. The Morgan fingerprint density at radius 2 is 1.88 bits per heavy atom. The molecule has 0 aliphatic carbocycles. The predicted molar refractivity (Wildman–Crippen MR) is 136 cm³/mol. The summed E-state index contributed by atoms with van der Waals surface area (Å²) in [5.74, 6) is 1.63. The average molecular weight is 482 g/mol. The number of pyridine rings is 1. The van der Waals surface area contributed by atoms with Crippen molar-refractivity contribution in [3.8, 4) is 0 Å². The lowest BCUT2D eigenvalue weighted by atomic mass is 9.72. The quantitative estimate of drug-likeness (QED) is 0.531. The smallest absolute Gasteiger partial charge is 0.232 e. The number of fused-ring (bicyclic) bond motifs is 1. The van der Waals surface area contributed by atoms with Crippen LogP contribution >= 0.6 is 0 Å². The first-order chi connectivity index (χ1) is 16.4.